The third-order valence-electron chi connectivity index (χ3n) is 2.82. The average molecular weight is 206 g/mol. The van der Waals surface area contributed by atoms with Crippen molar-refractivity contribution in [2.45, 2.75) is 13.5 Å². The smallest absolute Gasteiger partial charge is 0.0727 e. The average Bonchev–Trinajstić information content (AvgIpc) is 2.25. The van der Waals surface area contributed by atoms with Crippen LogP contribution in [0.3, 0.4) is 0 Å². The zero-order valence-electron chi connectivity index (χ0n) is 9.48. The molecule has 0 unspecified atom stereocenters. The van der Waals surface area contributed by atoms with Crippen LogP contribution in [0.5, 0.6) is 0 Å². The van der Waals surface area contributed by atoms with Crippen LogP contribution < -0.4 is 0 Å². The number of aryl methyl sites for hydroxylation is 1. The molecular formula is C11H18N4. The van der Waals surface area contributed by atoms with Gasteiger partial charge in [0.05, 0.1) is 11.4 Å². The van der Waals surface area contributed by atoms with Crippen molar-refractivity contribution in [2.24, 2.45) is 0 Å². The number of rotatable bonds is 2. The molecule has 0 spiro atoms. The van der Waals surface area contributed by atoms with Crippen molar-refractivity contribution in [1.29, 1.82) is 0 Å². The molecule has 4 nitrogen and oxygen atoms in total. The Kier molecular flexibility index (Phi) is 3.28. The van der Waals surface area contributed by atoms with Crippen molar-refractivity contribution >= 4 is 0 Å². The molecule has 0 atom stereocenters. The molecule has 0 bridgehead atoms. The van der Waals surface area contributed by atoms with Gasteiger partial charge in [0.1, 0.15) is 0 Å². The third kappa shape index (κ3) is 2.97. The number of nitrogens with zero attached hydrogens (tertiary/aromatic N) is 4. The highest BCUT2D eigenvalue weighted by Crippen LogP contribution is 2.04. The Hall–Kier alpha value is -1.00. The first-order chi connectivity index (χ1) is 7.24. The van der Waals surface area contributed by atoms with Gasteiger partial charge in [0.25, 0.3) is 0 Å². The molecule has 0 amide bonds. The van der Waals surface area contributed by atoms with E-state index < -0.39 is 0 Å². The number of piperazine rings is 1. The zero-order valence-corrected chi connectivity index (χ0v) is 9.48. The fourth-order valence-electron chi connectivity index (χ4n) is 1.74. The summed E-state index contributed by atoms with van der Waals surface area (Å²) in [6.07, 6.45) is 3.72. The van der Waals surface area contributed by atoms with Crippen LogP contribution in [-0.2, 0) is 6.54 Å². The van der Waals surface area contributed by atoms with Gasteiger partial charge >= 0.3 is 0 Å². The maximum absolute atomic E-state index is 4.37. The summed E-state index contributed by atoms with van der Waals surface area (Å²) in [5.74, 6) is 0. The maximum Gasteiger partial charge on any atom is 0.0727 e. The van der Waals surface area contributed by atoms with Crippen molar-refractivity contribution in [3.05, 3.63) is 23.8 Å². The lowest BCUT2D eigenvalue weighted by molar-refractivity contribution is 0.146. The fourth-order valence-corrected chi connectivity index (χ4v) is 1.74. The van der Waals surface area contributed by atoms with Crippen molar-refractivity contribution in [2.75, 3.05) is 33.2 Å². The second kappa shape index (κ2) is 4.68. The van der Waals surface area contributed by atoms with Gasteiger partial charge in [-0.1, -0.05) is 0 Å². The first-order valence-electron chi connectivity index (χ1n) is 5.42. The number of hydrogen-bond acceptors (Lipinski definition) is 4. The lowest BCUT2D eigenvalue weighted by Crippen LogP contribution is -2.44. The van der Waals surface area contributed by atoms with Crippen molar-refractivity contribution in [3.8, 4) is 0 Å². The molecule has 0 aromatic carbocycles. The molecule has 1 saturated heterocycles. The first kappa shape index (κ1) is 10.5. The summed E-state index contributed by atoms with van der Waals surface area (Å²) in [6, 6.07) is 0. The molecule has 0 radical (unpaired) electrons. The number of hydrogen-bond donors (Lipinski definition) is 0. The van der Waals surface area contributed by atoms with Crippen LogP contribution in [0, 0.1) is 6.92 Å². The molecule has 1 aliphatic rings. The second-order valence-electron chi connectivity index (χ2n) is 4.23. The van der Waals surface area contributed by atoms with Crippen molar-refractivity contribution in [1.82, 2.24) is 19.8 Å². The topological polar surface area (TPSA) is 32.3 Å². The largest absolute Gasteiger partial charge is 0.304 e. The molecular weight excluding hydrogens is 188 g/mol. The number of likely N-dealkylation sites (N-methyl/N-ethyl adjacent to an activating group) is 1. The van der Waals surface area contributed by atoms with E-state index in [4.69, 9.17) is 0 Å². The van der Waals surface area contributed by atoms with Gasteiger partial charge in [-0.05, 0) is 14.0 Å². The van der Waals surface area contributed by atoms with Crippen LogP contribution in [0.4, 0.5) is 0 Å². The van der Waals surface area contributed by atoms with E-state index in [2.05, 4.69) is 26.8 Å². The van der Waals surface area contributed by atoms with Gasteiger partial charge in [0.2, 0.25) is 0 Å². The van der Waals surface area contributed by atoms with Crippen LogP contribution in [0.2, 0.25) is 0 Å². The SMILES string of the molecule is Cc1cnc(CN2CCN(C)CC2)cn1. The van der Waals surface area contributed by atoms with E-state index >= 15 is 0 Å². The quantitative estimate of drug-likeness (QED) is 0.706. The highest BCUT2D eigenvalue weighted by atomic mass is 15.2. The highest BCUT2D eigenvalue weighted by Gasteiger charge is 2.14. The predicted molar refractivity (Wildman–Crippen MR) is 59.5 cm³/mol. The van der Waals surface area contributed by atoms with Gasteiger partial charge in [0.15, 0.2) is 0 Å². The molecule has 1 fully saturated rings. The lowest BCUT2D eigenvalue weighted by Gasteiger charge is -2.31. The third-order valence-corrected chi connectivity index (χ3v) is 2.82. The van der Waals surface area contributed by atoms with E-state index in [1.807, 2.05) is 19.3 Å². The summed E-state index contributed by atoms with van der Waals surface area (Å²) in [5, 5.41) is 0. The van der Waals surface area contributed by atoms with E-state index in [1.165, 1.54) is 0 Å². The van der Waals surface area contributed by atoms with Gasteiger partial charge in [-0.3, -0.25) is 14.9 Å². The lowest BCUT2D eigenvalue weighted by atomic mass is 10.3. The Morgan fingerprint density at radius 3 is 2.47 bits per heavy atom. The molecule has 2 rings (SSSR count). The van der Waals surface area contributed by atoms with E-state index in [-0.39, 0.29) is 0 Å². The van der Waals surface area contributed by atoms with Gasteiger partial charge in [-0.2, -0.15) is 0 Å². The molecule has 2 heterocycles. The zero-order chi connectivity index (χ0) is 10.7. The molecule has 1 aromatic rings. The van der Waals surface area contributed by atoms with Gasteiger partial charge < -0.3 is 4.90 Å². The minimum Gasteiger partial charge on any atom is -0.304 e. The van der Waals surface area contributed by atoms with Crippen LogP contribution in [0.15, 0.2) is 12.4 Å². The minimum absolute atomic E-state index is 0.932. The molecule has 4 heteroatoms. The molecule has 82 valence electrons. The van der Waals surface area contributed by atoms with E-state index in [0.717, 1.165) is 44.1 Å². The van der Waals surface area contributed by atoms with Gasteiger partial charge in [0, 0.05) is 45.1 Å². The summed E-state index contributed by atoms with van der Waals surface area (Å²) in [5.41, 5.74) is 2.06. The Bertz CT molecular complexity index is 301. The summed E-state index contributed by atoms with van der Waals surface area (Å²) in [7, 11) is 2.17. The van der Waals surface area contributed by atoms with Crippen LogP contribution in [0.25, 0.3) is 0 Å². The molecule has 1 aromatic heterocycles. The van der Waals surface area contributed by atoms with E-state index in [9.17, 15) is 0 Å². The Labute approximate surface area is 90.9 Å². The van der Waals surface area contributed by atoms with E-state index in [0.29, 0.717) is 0 Å². The summed E-state index contributed by atoms with van der Waals surface area (Å²) in [6.45, 7) is 7.46. The van der Waals surface area contributed by atoms with Crippen molar-refractivity contribution in [3.63, 3.8) is 0 Å². The summed E-state index contributed by atoms with van der Waals surface area (Å²) >= 11 is 0. The predicted octanol–water partition coefficient (Wildman–Crippen LogP) is 0.532. The molecule has 0 saturated carbocycles. The molecule has 1 aliphatic heterocycles. The van der Waals surface area contributed by atoms with Crippen LogP contribution in [0.1, 0.15) is 11.4 Å². The Morgan fingerprint density at radius 1 is 1.13 bits per heavy atom. The van der Waals surface area contributed by atoms with Gasteiger partial charge in [-0.25, -0.2) is 0 Å². The highest BCUT2D eigenvalue weighted by molar-refractivity contribution is 5.00. The van der Waals surface area contributed by atoms with E-state index in [1.54, 1.807) is 0 Å². The van der Waals surface area contributed by atoms with Gasteiger partial charge in [-0.15, -0.1) is 0 Å². The minimum atomic E-state index is 0.932. The molecule has 15 heavy (non-hydrogen) atoms. The fraction of sp³-hybridized carbons (Fsp3) is 0.636. The van der Waals surface area contributed by atoms with Crippen LogP contribution >= 0.6 is 0 Å². The van der Waals surface area contributed by atoms with Crippen LogP contribution in [-0.4, -0.2) is 53.0 Å². The standard InChI is InChI=1S/C11H18N4/c1-10-7-13-11(8-12-10)9-15-5-3-14(2)4-6-15/h7-8H,3-6,9H2,1-2H3. The maximum atomic E-state index is 4.37. The second-order valence-corrected chi connectivity index (χ2v) is 4.23. The number of aromatic nitrogens is 2. The molecule has 0 aliphatic carbocycles. The summed E-state index contributed by atoms with van der Waals surface area (Å²) in [4.78, 5) is 13.4. The normalized spacial score (nSPS) is 19.3. The first-order valence-corrected chi connectivity index (χ1v) is 5.42. The monoisotopic (exact) mass is 206 g/mol. The Morgan fingerprint density at radius 2 is 1.87 bits per heavy atom. The Balaban J connectivity index is 1.89. The summed E-state index contributed by atoms with van der Waals surface area (Å²) < 4.78 is 0. The molecule has 0 N–H and O–H groups in total. The van der Waals surface area contributed by atoms with Crippen molar-refractivity contribution < 1.29 is 0 Å².